The Morgan fingerprint density at radius 3 is 1.77 bits per heavy atom. The molecule has 0 bridgehead atoms. The Balaban J connectivity index is 1.24. The molecule has 0 amide bonds. The largest absolute Gasteiger partial charge is 0.292 e. The zero-order valence-corrected chi connectivity index (χ0v) is 28.1. The van der Waals surface area contributed by atoms with Crippen LogP contribution in [0.1, 0.15) is 22.3 Å². The van der Waals surface area contributed by atoms with Crippen molar-refractivity contribution in [1.82, 2.24) is 19.5 Å². The van der Waals surface area contributed by atoms with Crippen LogP contribution in [-0.4, -0.2) is 19.5 Å². The van der Waals surface area contributed by atoms with Gasteiger partial charge in [-0.05, 0) is 51.6 Å². The first-order valence-corrected chi connectivity index (χ1v) is 17.7. The Bertz CT molecular complexity index is 2780. The predicted octanol–water partition coefficient (Wildman–Crippen LogP) is 11.2. The number of fused-ring (bicyclic) bond motifs is 9. The number of nitrogens with zero attached hydrogens (tertiary/aromatic N) is 4. The summed E-state index contributed by atoms with van der Waals surface area (Å²) in [5.74, 6) is 1.66. The zero-order valence-electron chi connectivity index (χ0n) is 28.1. The van der Waals surface area contributed by atoms with Crippen LogP contribution in [0, 0.1) is 0 Å². The van der Waals surface area contributed by atoms with E-state index in [1.54, 1.807) is 0 Å². The molecule has 4 heteroatoms. The van der Waals surface area contributed by atoms with Gasteiger partial charge in [0.25, 0.3) is 0 Å². The van der Waals surface area contributed by atoms with Gasteiger partial charge in [0, 0.05) is 22.3 Å². The SMILES string of the molecule is c1ccc(-c2cc(-c3cccc4c3-c3ccccc3C43c4ccccc4-n4c(-c5ccccc5)nc5cccc3c54)nc(-c3ccccc3)n2)cc1. The normalized spacial score (nSPS) is 15.0. The van der Waals surface area contributed by atoms with Crippen LogP contribution in [0.15, 0.2) is 182 Å². The molecule has 2 aliphatic rings. The van der Waals surface area contributed by atoms with Crippen molar-refractivity contribution in [2.45, 2.75) is 5.41 Å². The average Bonchev–Trinajstić information content (AvgIpc) is 3.76. The first kappa shape index (κ1) is 28.9. The molecular formula is C48H30N4. The lowest BCUT2D eigenvalue weighted by Crippen LogP contribution is -2.33. The minimum Gasteiger partial charge on any atom is -0.292 e. The number of hydrogen-bond donors (Lipinski definition) is 0. The van der Waals surface area contributed by atoms with Crippen molar-refractivity contribution in [3.63, 3.8) is 0 Å². The quantitative estimate of drug-likeness (QED) is 0.188. The van der Waals surface area contributed by atoms with Crippen LogP contribution in [0.25, 0.3) is 73.1 Å². The molecule has 1 aliphatic heterocycles. The monoisotopic (exact) mass is 662 g/mol. The summed E-state index contributed by atoms with van der Waals surface area (Å²) in [6, 6.07) is 64.6. The fourth-order valence-corrected chi connectivity index (χ4v) is 8.76. The summed E-state index contributed by atoms with van der Waals surface area (Å²) < 4.78 is 2.38. The van der Waals surface area contributed by atoms with Gasteiger partial charge in [-0.25, -0.2) is 15.0 Å². The molecule has 0 radical (unpaired) electrons. The van der Waals surface area contributed by atoms with E-state index in [1.807, 2.05) is 24.3 Å². The van der Waals surface area contributed by atoms with Gasteiger partial charge in [-0.1, -0.05) is 164 Å². The zero-order chi connectivity index (χ0) is 34.2. The topological polar surface area (TPSA) is 43.6 Å². The first-order chi connectivity index (χ1) is 25.8. The molecule has 11 rings (SSSR count). The van der Waals surface area contributed by atoms with Crippen LogP contribution in [0.5, 0.6) is 0 Å². The molecule has 4 nitrogen and oxygen atoms in total. The number of hydrogen-bond acceptors (Lipinski definition) is 3. The van der Waals surface area contributed by atoms with Gasteiger partial charge in [-0.15, -0.1) is 0 Å². The van der Waals surface area contributed by atoms with Crippen LogP contribution in [-0.2, 0) is 5.41 Å². The number of imidazole rings is 1. The smallest absolute Gasteiger partial charge is 0.160 e. The summed E-state index contributed by atoms with van der Waals surface area (Å²) in [5.41, 5.74) is 16.2. The maximum atomic E-state index is 5.31. The third kappa shape index (κ3) is 3.95. The van der Waals surface area contributed by atoms with Gasteiger partial charge >= 0.3 is 0 Å². The Labute approximate surface area is 301 Å². The van der Waals surface area contributed by atoms with Gasteiger partial charge in [0.05, 0.1) is 33.5 Å². The van der Waals surface area contributed by atoms with Gasteiger partial charge < -0.3 is 0 Å². The molecule has 2 aromatic heterocycles. The van der Waals surface area contributed by atoms with Crippen molar-refractivity contribution in [1.29, 1.82) is 0 Å². The summed E-state index contributed by atoms with van der Waals surface area (Å²) in [4.78, 5) is 15.7. The standard InChI is InChI=1S/C48H30N4/c1-4-16-31(17-5-1)41-30-42(50-46(49-41)32-18-6-2-7-19-32)35-23-14-26-38-44(35)34-22-10-11-24-36(34)48(38)37-25-12-13-29-43(37)52-45-39(48)27-15-28-40(45)51-47(52)33-20-8-3-9-21-33/h1-30H. The predicted molar refractivity (Wildman–Crippen MR) is 209 cm³/mol. The van der Waals surface area contributed by atoms with Gasteiger partial charge in [0.15, 0.2) is 5.82 Å². The lowest BCUT2D eigenvalue weighted by Gasteiger charge is -2.39. The summed E-state index contributed by atoms with van der Waals surface area (Å²) in [6.45, 7) is 0. The van der Waals surface area contributed by atoms with E-state index in [9.17, 15) is 0 Å². The Morgan fingerprint density at radius 2 is 0.981 bits per heavy atom. The first-order valence-electron chi connectivity index (χ1n) is 17.7. The van der Waals surface area contributed by atoms with E-state index >= 15 is 0 Å². The molecule has 7 aromatic carbocycles. The highest BCUT2D eigenvalue weighted by Gasteiger charge is 2.51. The third-order valence-electron chi connectivity index (χ3n) is 10.8. The molecule has 1 atom stereocenters. The van der Waals surface area contributed by atoms with Crippen LogP contribution in [0.4, 0.5) is 0 Å². The Hall–Kier alpha value is -6.91. The van der Waals surface area contributed by atoms with Crippen LogP contribution >= 0.6 is 0 Å². The lowest BCUT2D eigenvalue weighted by molar-refractivity contribution is 0.746. The summed E-state index contributed by atoms with van der Waals surface area (Å²) in [6.07, 6.45) is 0. The van der Waals surface area contributed by atoms with Gasteiger partial charge in [0.2, 0.25) is 0 Å². The van der Waals surface area contributed by atoms with Crippen molar-refractivity contribution >= 4 is 11.0 Å². The van der Waals surface area contributed by atoms with E-state index in [1.165, 1.54) is 33.4 Å². The van der Waals surface area contributed by atoms with Crippen LogP contribution in [0.2, 0.25) is 0 Å². The Morgan fingerprint density at radius 1 is 0.404 bits per heavy atom. The van der Waals surface area contributed by atoms with Gasteiger partial charge in [-0.2, -0.15) is 0 Å². The van der Waals surface area contributed by atoms with E-state index in [0.717, 1.165) is 56.2 Å². The number of aromatic nitrogens is 4. The number of rotatable bonds is 4. The fraction of sp³-hybridized carbons (Fsp3) is 0.0208. The van der Waals surface area contributed by atoms with Crippen molar-refractivity contribution in [2.75, 3.05) is 0 Å². The third-order valence-corrected chi connectivity index (χ3v) is 10.8. The summed E-state index contributed by atoms with van der Waals surface area (Å²) >= 11 is 0. The molecule has 52 heavy (non-hydrogen) atoms. The minimum absolute atomic E-state index is 0.570. The second kappa shape index (κ2) is 11.0. The van der Waals surface area contributed by atoms with Gasteiger partial charge in [0.1, 0.15) is 5.82 Å². The molecule has 242 valence electrons. The molecular weight excluding hydrogens is 633 g/mol. The molecule has 0 fully saturated rings. The maximum absolute atomic E-state index is 5.31. The van der Waals surface area contributed by atoms with Crippen molar-refractivity contribution in [2.24, 2.45) is 0 Å². The molecule has 1 unspecified atom stereocenters. The lowest BCUT2D eigenvalue weighted by atomic mass is 9.65. The second-order valence-electron chi connectivity index (χ2n) is 13.5. The molecule has 0 N–H and O–H groups in total. The highest BCUT2D eigenvalue weighted by Crippen LogP contribution is 2.62. The fourth-order valence-electron chi connectivity index (χ4n) is 8.76. The summed E-state index contributed by atoms with van der Waals surface area (Å²) in [7, 11) is 0. The van der Waals surface area contributed by atoms with E-state index in [2.05, 4.69) is 162 Å². The highest BCUT2D eigenvalue weighted by molar-refractivity contribution is 6.00. The maximum Gasteiger partial charge on any atom is 0.160 e. The van der Waals surface area contributed by atoms with Crippen molar-refractivity contribution in [3.8, 4) is 62.1 Å². The number of para-hydroxylation sites is 2. The highest BCUT2D eigenvalue weighted by atomic mass is 15.1. The van der Waals surface area contributed by atoms with E-state index in [0.29, 0.717) is 5.82 Å². The molecule has 0 saturated heterocycles. The molecule has 1 spiro atoms. The average molecular weight is 663 g/mol. The van der Waals surface area contributed by atoms with Crippen LogP contribution in [0.3, 0.4) is 0 Å². The molecule has 1 aliphatic carbocycles. The van der Waals surface area contributed by atoms with Gasteiger partial charge in [-0.3, -0.25) is 4.57 Å². The van der Waals surface area contributed by atoms with Crippen molar-refractivity contribution in [3.05, 3.63) is 204 Å². The second-order valence-corrected chi connectivity index (χ2v) is 13.5. The summed E-state index contributed by atoms with van der Waals surface area (Å²) in [5, 5.41) is 0. The minimum atomic E-state index is -0.570. The Kier molecular flexibility index (Phi) is 6.13. The van der Waals surface area contributed by atoms with E-state index in [-0.39, 0.29) is 0 Å². The molecule has 0 saturated carbocycles. The number of benzene rings is 7. The van der Waals surface area contributed by atoms with Crippen LogP contribution < -0.4 is 0 Å². The van der Waals surface area contributed by atoms with Crippen molar-refractivity contribution < 1.29 is 0 Å². The van der Waals surface area contributed by atoms with E-state index < -0.39 is 5.41 Å². The molecule has 9 aromatic rings. The van der Waals surface area contributed by atoms with E-state index in [4.69, 9.17) is 15.0 Å². The molecule has 3 heterocycles.